The molecule has 0 radical (unpaired) electrons. The van der Waals surface area contributed by atoms with Gasteiger partial charge in [0.05, 0.1) is 0 Å². The van der Waals surface area contributed by atoms with Gasteiger partial charge < -0.3 is 0 Å². The molecule has 0 spiro atoms. The summed E-state index contributed by atoms with van der Waals surface area (Å²) in [6, 6.07) is 2.85. The molecule has 0 aliphatic heterocycles. The number of allylic oxidation sites excluding steroid dienone is 1. The van der Waals surface area contributed by atoms with E-state index < -0.39 is 0 Å². The molecule has 5 heteroatoms. The van der Waals surface area contributed by atoms with E-state index in [2.05, 4.69) is 31.9 Å². The van der Waals surface area contributed by atoms with Crippen molar-refractivity contribution >= 4 is 54.8 Å². The van der Waals surface area contributed by atoms with E-state index in [4.69, 9.17) is 0 Å². The Morgan fingerprint density at radius 2 is 2.00 bits per heavy atom. The van der Waals surface area contributed by atoms with Crippen molar-refractivity contribution in [2.75, 3.05) is 5.75 Å². The lowest BCUT2D eigenvalue weighted by Crippen LogP contribution is -1.85. The molecule has 1 rings (SSSR count). The Morgan fingerprint density at radius 1 is 1.41 bits per heavy atom. The molecule has 0 saturated carbocycles. The number of halogens is 3. The van der Waals surface area contributed by atoms with Gasteiger partial charge in [0.15, 0.2) is 5.12 Å². The van der Waals surface area contributed by atoms with Crippen molar-refractivity contribution in [3.63, 3.8) is 0 Å². The van der Waals surface area contributed by atoms with E-state index in [0.29, 0.717) is 8.95 Å². The Morgan fingerprint density at radius 3 is 2.53 bits per heavy atom. The van der Waals surface area contributed by atoms with E-state index >= 15 is 0 Å². The Labute approximate surface area is 121 Å². The highest BCUT2D eigenvalue weighted by molar-refractivity contribution is 9.11. The predicted molar refractivity (Wildman–Crippen MR) is 78.6 cm³/mol. The molecule has 17 heavy (non-hydrogen) atoms. The van der Waals surface area contributed by atoms with Crippen LogP contribution in [0.5, 0.6) is 0 Å². The van der Waals surface area contributed by atoms with Crippen LogP contribution < -0.4 is 0 Å². The van der Waals surface area contributed by atoms with Crippen molar-refractivity contribution in [3.05, 3.63) is 38.5 Å². The lowest BCUT2D eigenvalue weighted by molar-refractivity contribution is -0.109. The molecular formula is C12H11Br2FOS. The third-order valence-electron chi connectivity index (χ3n) is 1.92. The van der Waals surface area contributed by atoms with Gasteiger partial charge in [-0.3, -0.25) is 4.79 Å². The normalized spacial score (nSPS) is 11.1. The SMILES string of the molecule is CC(=O)SCCC=Cc1c(Br)cc(F)cc1Br. The fourth-order valence-electron chi connectivity index (χ4n) is 1.18. The van der Waals surface area contributed by atoms with Gasteiger partial charge in [-0.25, -0.2) is 4.39 Å². The summed E-state index contributed by atoms with van der Waals surface area (Å²) < 4.78 is 14.4. The summed E-state index contributed by atoms with van der Waals surface area (Å²) in [5, 5.41) is 0.127. The lowest BCUT2D eigenvalue weighted by Gasteiger charge is -2.02. The third-order valence-corrected chi connectivity index (χ3v) is 4.08. The number of hydrogen-bond donors (Lipinski definition) is 0. The van der Waals surface area contributed by atoms with E-state index in [1.807, 2.05) is 12.2 Å². The van der Waals surface area contributed by atoms with Crippen LogP contribution in [0.2, 0.25) is 0 Å². The number of carbonyl (C=O) groups excluding carboxylic acids is 1. The Balaban J connectivity index is 2.62. The van der Waals surface area contributed by atoms with E-state index in [-0.39, 0.29) is 10.9 Å². The number of rotatable bonds is 4. The van der Waals surface area contributed by atoms with Crippen LogP contribution in [0.4, 0.5) is 4.39 Å². The van der Waals surface area contributed by atoms with E-state index in [1.165, 1.54) is 23.9 Å². The highest BCUT2D eigenvalue weighted by atomic mass is 79.9. The third kappa shape index (κ3) is 5.36. The lowest BCUT2D eigenvalue weighted by atomic mass is 10.2. The molecule has 1 aromatic rings. The second-order valence-electron chi connectivity index (χ2n) is 3.31. The van der Waals surface area contributed by atoms with Crippen LogP contribution in [0.3, 0.4) is 0 Å². The van der Waals surface area contributed by atoms with Crippen LogP contribution in [0.1, 0.15) is 18.9 Å². The monoisotopic (exact) mass is 380 g/mol. The van der Waals surface area contributed by atoms with Crippen LogP contribution in [-0.4, -0.2) is 10.9 Å². The molecule has 1 nitrogen and oxygen atoms in total. The summed E-state index contributed by atoms with van der Waals surface area (Å²) in [7, 11) is 0. The smallest absolute Gasteiger partial charge is 0.185 e. The number of thioether (sulfide) groups is 1. The topological polar surface area (TPSA) is 17.1 Å². The zero-order valence-corrected chi connectivity index (χ0v) is 13.2. The van der Waals surface area contributed by atoms with E-state index in [0.717, 1.165) is 17.7 Å². The molecule has 0 N–H and O–H groups in total. The van der Waals surface area contributed by atoms with Crippen molar-refractivity contribution in [1.82, 2.24) is 0 Å². The molecule has 0 aliphatic rings. The minimum atomic E-state index is -0.284. The Bertz CT molecular complexity index is 423. The first-order chi connectivity index (χ1) is 8.00. The fourth-order valence-corrected chi connectivity index (χ4v) is 3.12. The van der Waals surface area contributed by atoms with Gasteiger partial charge in [0.2, 0.25) is 0 Å². The molecule has 1 aromatic carbocycles. The van der Waals surface area contributed by atoms with E-state index in [9.17, 15) is 9.18 Å². The summed E-state index contributed by atoms with van der Waals surface area (Å²) >= 11 is 7.92. The maximum atomic E-state index is 13.0. The van der Waals surface area contributed by atoms with Crippen molar-refractivity contribution in [2.45, 2.75) is 13.3 Å². The maximum absolute atomic E-state index is 13.0. The van der Waals surface area contributed by atoms with Crippen LogP contribution in [-0.2, 0) is 4.79 Å². The Hall–Kier alpha value is -0.130. The molecule has 0 heterocycles. The van der Waals surface area contributed by atoms with Gasteiger partial charge in [-0.2, -0.15) is 0 Å². The maximum Gasteiger partial charge on any atom is 0.185 e. The number of benzene rings is 1. The zero-order chi connectivity index (χ0) is 12.8. The molecule has 0 aliphatic carbocycles. The first-order valence-corrected chi connectivity index (χ1v) is 7.52. The summed E-state index contributed by atoms with van der Waals surface area (Å²) in [4.78, 5) is 10.7. The first kappa shape index (κ1) is 14.9. The average Bonchev–Trinajstić information content (AvgIpc) is 2.20. The predicted octanol–water partition coefficient (Wildman–Crippen LogP) is 5.03. The summed E-state index contributed by atoms with van der Waals surface area (Å²) in [6.45, 7) is 1.56. The average molecular weight is 382 g/mol. The van der Waals surface area contributed by atoms with Gasteiger partial charge in [0.1, 0.15) is 5.82 Å². The Kier molecular flexibility index (Phi) is 6.44. The summed E-state index contributed by atoms with van der Waals surface area (Å²) in [5.74, 6) is 0.482. The van der Waals surface area contributed by atoms with Crippen LogP contribution in [0.25, 0.3) is 6.08 Å². The van der Waals surface area contributed by atoms with Gasteiger partial charge in [-0.15, -0.1) is 0 Å². The number of carbonyl (C=O) groups is 1. The fraction of sp³-hybridized carbons (Fsp3) is 0.250. The zero-order valence-electron chi connectivity index (χ0n) is 9.17. The van der Waals surface area contributed by atoms with Crippen LogP contribution in [0, 0.1) is 5.82 Å². The molecule has 0 bridgehead atoms. The minimum Gasteiger partial charge on any atom is -0.288 e. The second-order valence-corrected chi connectivity index (χ2v) is 6.29. The molecule has 0 amide bonds. The van der Waals surface area contributed by atoms with Gasteiger partial charge in [-0.1, -0.05) is 55.8 Å². The van der Waals surface area contributed by atoms with Gasteiger partial charge in [-0.05, 0) is 18.6 Å². The molecular weight excluding hydrogens is 371 g/mol. The summed E-state index contributed by atoms with van der Waals surface area (Å²) in [6.07, 6.45) is 4.69. The first-order valence-electron chi connectivity index (χ1n) is 4.95. The van der Waals surface area contributed by atoms with Gasteiger partial charge in [0.25, 0.3) is 0 Å². The van der Waals surface area contributed by atoms with E-state index in [1.54, 1.807) is 6.92 Å². The molecule has 0 saturated heterocycles. The van der Waals surface area contributed by atoms with Crippen LogP contribution in [0.15, 0.2) is 27.2 Å². The highest BCUT2D eigenvalue weighted by Crippen LogP contribution is 2.28. The van der Waals surface area contributed by atoms with Crippen molar-refractivity contribution < 1.29 is 9.18 Å². The summed E-state index contributed by atoms with van der Waals surface area (Å²) in [5.41, 5.74) is 0.902. The molecule has 0 unspecified atom stereocenters. The molecule has 0 atom stereocenters. The van der Waals surface area contributed by atoms with Crippen molar-refractivity contribution in [2.24, 2.45) is 0 Å². The van der Waals surface area contributed by atoms with Gasteiger partial charge in [0, 0.05) is 27.2 Å². The number of hydrogen-bond acceptors (Lipinski definition) is 2. The largest absolute Gasteiger partial charge is 0.288 e. The quantitative estimate of drug-likeness (QED) is 0.680. The standard InChI is InChI=1S/C12H11Br2FOS/c1-8(16)17-5-3-2-4-10-11(13)6-9(15)7-12(10)14/h2,4,6-7H,3,5H2,1H3. The van der Waals surface area contributed by atoms with Crippen molar-refractivity contribution in [3.8, 4) is 0 Å². The molecule has 92 valence electrons. The molecule has 0 fully saturated rings. The minimum absolute atomic E-state index is 0.127. The van der Waals surface area contributed by atoms with Crippen molar-refractivity contribution in [1.29, 1.82) is 0 Å². The van der Waals surface area contributed by atoms with Gasteiger partial charge >= 0.3 is 0 Å². The molecule has 0 aromatic heterocycles. The second kappa shape index (κ2) is 7.34. The van der Waals surface area contributed by atoms with Crippen LogP contribution >= 0.6 is 43.6 Å². The highest BCUT2D eigenvalue weighted by Gasteiger charge is 2.04.